The molecule has 108 valence electrons. The lowest BCUT2D eigenvalue weighted by atomic mass is 9.73. The zero-order valence-corrected chi connectivity index (χ0v) is 13.2. The standard InChI is InChI=1S/C16H22ClN3/c1-11(17)15-19-12-10-18-9-7-13(12)20(15)14-6-4-5-8-16(14,2)3/h7,9-11,14H,4-6,8H2,1-3H3. The van der Waals surface area contributed by atoms with Gasteiger partial charge in [-0.05, 0) is 31.2 Å². The van der Waals surface area contributed by atoms with E-state index in [0.717, 1.165) is 11.3 Å². The number of pyridine rings is 1. The first-order valence-corrected chi connectivity index (χ1v) is 7.90. The van der Waals surface area contributed by atoms with E-state index >= 15 is 0 Å². The van der Waals surface area contributed by atoms with Crippen molar-refractivity contribution in [2.45, 2.75) is 57.9 Å². The second-order valence-corrected chi connectivity index (χ2v) is 7.23. The summed E-state index contributed by atoms with van der Waals surface area (Å²) in [5.74, 6) is 0.981. The average molecular weight is 292 g/mol. The number of rotatable bonds is 2. The summed E-state index contributed by atoms with van der Waals surface area (Å²) < 4.78 is 2.38. The van der Waals surface area contributed by atoms with Crippen molar-refractivity contribution in [2.24, 2.45) is 5.41 Å². The lowest BCUT2D eigenvalue weighted by molar-refractivity contribution is 0.145. The van der Waals surface area contributed by atoms with Gasteiger partial charge in [-0.15, -0.1) is 11.6 Å². The highest BCUT2D eigenvalue weighted by molar-refractivity contribution is 6.20. The van der Waals surface area contributed by atoms with Crippen LogP contribution in [0, 0.1) is 5.41 Å². The van der Waals surface area contributed by atoms with Gasteiger partial charge in [0.05, 0.1) is 17.1 Å². The Kier molecular flexibility index (Phi) is 3.49. The fourth-order valence-corrected chi connectivity index (χ4v) is 3.69. The topological polar surface area (TPSA) is 30.7 Å². The van der Waals surface area contributed by atoms with Crippen LogP contribution in [0.25, 0.3) is 11.0 Å². The Labute approximate surface area is 125 Å². The molecule has 0 aliphatic heterocycles. The highest BCUT2D eigenvalue weighted by Crippen LogP contribution is 2.46. The summed E-state index contributed by atoms with van der Waals surface area (Å²) in [6, 6.07) is 2.54. The molecule has 20 heavy (non-hydrogen) atoms. The van der Waals surface area contributed by atoms with Crippen LogP contribution in [0.4, 0.5) is 0 Å². The largest absolute Gasteiger partial charge is 0.323 e. The molecule has 0 spiro atoms. The van der Waals surface area contributed by atoms with Crippen molar-refractivity contribution in [3.05, 3.63) is 24.3 Å². The Morgan fingerprint density at radius 1 is 1.40 bits per heavy atom. The third-order valence-electron chi connectivity index (χ3n) is 4.64. The Morgan fingerprint density at radius 3 is 2.90 bits per heavy atom. The first-order chi connectivity index (χ1) is 9.50. The van der Waals surface area contributed by atoms with Gasteiger partial charge >= 0.3 is 0 Å². The van der Waals surface area contributed by atoms with Gasteiger partial charge in [0.1, 0.15) is 11.3 Å². The molecule has 4 heteroatoms. The number of alkyl halides is 1. The average Bonchev–Trinajstić information content (AvgIpc) is 2.78. The summed E-state index contributed by atoms with van der Waals surface area (Å²) in [5.41, 5.74) is 2.41. The van der Waals surface area contributed by atoms with E-state index in [2.05, 4.69) is 29.5 Å². The molecule has 2 aromatic rings. The number of hydrogen-bond donors (Lipinski definition) is 0. The van der Waals surface area contributed by atoms with Crippen LogP contribution >= 0.6 is 11.6 Å². The number of aromatic nitrogens is 3. The van der Waals surface area contributed by atoms with E-state index in [4.69, 9.17) is 16.6 Å². The minimum atomic E-state index is -0.0832. The van der Waals surface area contributed by atoms with Crippen molar-refractivity contribution in [3.63, 3.8) is 0 Å². The van der Waals surface area contributed by atoms with Gasteiger partial charge < -0.3 is 4.57 Å². The number of fused-ring (bicyclic) bond motifs is 1. The molecular weight excluding hydrogens is 270 g/mol. The smallest absolute Gasteiger partial charge is 0.128 e. The van der Waals surface area contributed by atoms with Gasteiger partial charge in [-0.1, -0.05) is 26.7 Å². The van der Waals surface area contributed by atoms with Crippen LogP contribution in [0.15, 0.2) is 18.5 Å². The van der Waals surface area contributed by atoms with Crippen LogP contribution in [-0.2, 0) is 0 Å². The van der Waals surface area contributed by atoms with Gasteiger partial charge in [0.25, 0.3) is 0 Å². The molecule has 0 bridgehead atoms. The van der Waals surface area contributed by atoms with Gasteiger partial charge in [0, 0.05) is 12.2 Å². The summed E-state index contributed by atoms with van der Waals surface area (Å²) >= 11 is 6.39. The summed E-state index contributed by atoms with van der Waals surface area (Å²) in [6.07, 6.45) is 8.76. The minimum Gasteiger partial charge on any atom is -0.323 e. The van der Waals surface area contributed by atoms with Crippen LogP contribution in [0.2, 0.25) is 0 Å². The Hall–Kier alpha value is -1.09. The third kappa shape index (κ3) is 2.22. The van der Waals surface area contributed by atoms with Gasteiger partial charge in [-0.3, -0.25) is 4.98 Å². The van der Waals surface area contributed by atoms with Crippen molar-refractivity contribution in [1.82, 2.24) is 14.5 Å². The quantitative estimate of drug-likeness (QED) is 0.739. The Balaban J connectivity index is 2.20. The van der Waals surface area contributed by atoms with Crippen LogP contribution in [0.5, 0.6) is 0 Å². The van der Waals surface area contributed by atoms with Crippen molar-refractivity contribution in [1.29, 1.82) is 0 Å². The van der Waals surface area contributed by atoms with E-state index in [9.17, 15) is 0 Å². The Morgan fingerprint density at radius 2 is 2.20 bits per heavy atom. The molecule has 0 radical (unpaired) electrons. The SMILES string of the molecule is CC(Cl)c1nc2cnccc2n1C1CCCCC1(C)C. The molecule has 0 N–H and O–H groups in total. The van der Waals surface area contributed by atoms with Gasteiger partial charge in [-0.2, -0.15) is 0 Å². The van der Waals surface area contributed by atoms with E-state index in [1.165, 1.54) is 31.2 Å². The summed E-state index contributed by atoms with van der Waals surface area (Å²) in [4.78, 5) is 8.91. The normalized spacial score (nSPS) is 23.9. The van der Waals surface area contributed by atoms with Crippen LogP contribution in [0.3, 0.4) is 0 Å². The fourth-order valence-electron chi connectivity index (χ4n) is 3.53. The van der Waals surface area contributed by atoms with Gasteiger partial charge in [0.15, 0.2) is 0 Å². The lowest BCUT2D eigenvalue weighted by Gasteiger charge is -2.40. The zero-order valence-electron chi connectivity index (χ0n) is 12.4. The molecular formula is C16H22ClN3. The van der Waals surface area contributed by atoms with E-state index in [1.807, 2.05) is 19.3 Å². The first kappa shape index (κ1) is 13.9. The molecule has 3 rings (SSSR count). The lowest BCUT2D eigenvalue weighted by Crippen LogP contribution is -2.31. The van der Waals surface area contributed by atoms with Gasteiger partial charge in [-0.25, -0.2) is 4.98 Å². The third-order valence-corrected chi connectivity index (χ3v) is 4.83. The zero-order chi connectivity index (χ0) is 14.3. The maximum absolute atomic E-state index is 6.39. The number of nitrogens with zero attached hydrogens (tertiary/aromatic N) is 3. The fraction of sp³-hybridized carbons (Fsp3) is 0.625. The molecule has 1 saturated carbocycles. The van der Waals surface area contributed by atoms with Crippen molar-refractivity contribution in [3.8, 4) is 0 Å². The van der Waals surface area contributed by atoms with Crippen molar-refractivity contribution < 1.29 is 0 Å². The number of imidazole rings is 1. The molecule has 2 atom stereocenters. The maximum Gasteiger partial charge on any atom is 0.128 e. The molecule has 2 heterocycles. The summed E-state index contributed by atoms with van der Waals surface area (Å²) in [5, 5.41) is -0.0832. The molecule has 1 aliphatic carbocycles. The summed E-state index contributed by atoms with van der Waals surface area (Å²) in [6.45, 7) is 6.74. The monoisotopic (exact) mass is 291 g/mol. The minimum absolute atomic E-state index is 0.0832. The number of hydrogen-bond acceptors (Lipinski definition) is 2. The van der Waals surface area contributed by atoms with Crippen molar-refractivity contribution in [2.75, 3.05) is 0 Å². The van der Waals surface area contributed by atoms with Gasteiger partial charge in [0.2, 0.25) is 0 Å². The van der Waals surface area contributed by atoms with Crippen LogP contribution in [-0.4, -0.2) is 14.5 Å². The second kappa shape index (κ2) is 5.03. The predicted octanol–water partition coefficient (Wildman–Crippen LogP) is 4.87. The summed E-state index contributed by atoms with van der Waals surface area (Å²) in [7, 11) is 0. The predicted molar refractivity (Wildman–Crippen MR) is 83.1 cm³/mol. The van der Waals surface area contributed by atoms with Crippen molar-refractivity contribution >= 4 is 22.6 Å². The van der Waals surface area contributed by atoms with E-state index < -0.39 is 0 Å². The molecule has 1 aliphatic rings. The molecule has 0 amide bonds. The second-order valence-electron chi connectivity index (χ2n) is 6.57. The molecule has 2 aromatic heterocycles. The Bertz CT molecular complexity index is 615. The highest BCUT2D eigenvalue weighted by atomic mass is 35.5. The van der Waals surface area contributed by atoms with E-state index in [1.54, 1.807) is 0 Å². The molecule has 1 fully saturated rings. The molecule has 0 aromatic carbocycles. The molecule has 2 unspecified atom stereocenters. The first-order valence-electron chi connectivity index (χ1n) is 7.46. The molecule has 3 nitrogen and oxygen atoms in total. The van der Waals surface area contributed by atoms with E-state index in [0.29, 0.717) is 6.04 Å². The number of halogens is 1. The maximum atomic E-state index is 6.39. The van der Waals surface area contributed by atoms with Crippen LogP contribution in [0.1, 0.15) is 63.7 Å². The van der Waals surface area contributed by atoms with Crippen LogP contribution < -0.4 is 0 Å². The highest BCUT2D eigenvalue weighted by Gasteiger charge is 2.36. The van der Waals surface area contributed by atoms with E-state index in [-0.39, 0.29) is 10.8 Å². The molecule has 0 saturated heterocycles.